The summed E-state index contributed by atoms with van der Waals surface area (Å²) in [6.07, 6.45) is 0.881. The number of carbonyl (C=O) groups is 1. The fraction of sp³-hybridized carbons (Fsp3) is 0.474. The number of rotatable bonds is 6. The molecular weight excluding hydrogens is 419 g/mol. The summed E-state index contributed by atoms with van der Waals surface area (Å²) in [6.45, 7) is 6.93. The molecule has 2 heterocycles. The molecule has 1 aliphatic rings. The van der Waals surface area contributed by atoms with Gasteiger partial charge in [0, 0.05) is 30.1 Å². The van der Waals surface area contributed by atoms with Gasteiger partial charge in [-0.2, -0.15) is 0 Å². The molecule has 156 valence electrons. The maximum atomic E-state index is 12.6. The highest BCUT2D eigenvalue weighted by Gasteiger charge is 2.27. The molecule has 3 rings (SSSR count). The van der Waals surface area contributed by atoms with E-state index in [0.29, 0.717) is 11.7 Å². The number of amides is 1. The molecule has 1 unspecified atom stereocenters. The molecule has 0 aliphatic carbocycles. The number of anilines is 1. The number of ether oxygens (including phenoxy) is 1. The largest absolute Gasteiger partial charge is 0.496 e. The Kier molecular flexibility index (Phi) is 10.2. The van der Waals surface area contributed by atoms with Crippen molar-refractivity contribution < 1.29 is 9.53 Å². The van der Waals surface area contributed by atoms with Crippen LogP contribution in [-0.4, -0.2) is 49.1 Å². The number of nitrogens with one attached hydrogen (secondary N) is 2. The van der Waals surface area contributed by atoms with Crippen LogP contribution in [0.5, 0.6) is 5.75 Å². The smallest absolute Gasteiger partial charge is 0.240 e. The molecule has 0 spiro atoms. The van der Waals surface area contributed by atoms with Gasteiger partial charge in [0.2, 0.25) is 5.91 Å². The van der Waals surface area contributed by atoms with Crippen LogP contribution < -0.4 is 15.4 Å². The zero-order chi connectivity index (χ0) is 18.5. The number of hydrogen-bond donors (Lipinski definition) is 2. The molecule has 1 fully saturated rings. The number of thiazole rings is 1. The number of benzene rings is 1. The van der Waals surface area contributed by atoms with Gasteiger partial charge in [0.05, 0.1) is 25.4 Å². The Morgan fingerprint density at radius 2 is 2.14 bits per heavy atom. The minimum Gasteiger partial charge on any atom is -0.496 e. The van der Waals surface area contributed by atoms with E-state index in [9.17, 15) is 4.79 Å². The number of carbonyl (C=O) groups excluding carboxylic acids is 1. The number of para-hydroxylation sites is 1. The fourth-order valence-corrected chi connectivity index (χ4v) is 4.26. The van der Waals surface area contributed by atoms with Gasteiger partial charge in [-0.1, -0.05) is 25.1 Å². The van der Waals surface area contributed by atoms with Crippen molar-refractivity contribution in [2.24, 2.45) is 0 Å². The van der Waals surface area contributed by atoms with E-state index in [-0.39, 0.29) is 36.8 Å². The van der Waals surface area contributed by atoms with Crippen LogP contribution in [0.25, 0.3) is 0 Å². The third kappa shape index (κ3) is 5.81. The van der Waals surface area contributed by atoms with Gasteiger partial charge in [-0.15, -0.1) is 36.2 Å². The molecule has 1 atom stereocenters. The molecule has 2 N–H and O–H groups in total. The molecule has 0 radical (unpaired) electrons. The Morgan fingerprint density at radius 1 is 1.39 bits per heavy atom. The highest BCUT2D eigenvalue weighted by molar-refractivity contribution is 7.15. The van der Waals surface area contributed by atoms with E-state index in [1.54, 1.807) is 7.11 Å². The zero-order valence-electron chi connectivity index (χ0n) is 16.4. The zero-order valence-corrected chi connectivity index (χ0v) is 18.8. The lowest BCUT2D eigenvalue weighted by Gasteiger charge is -2.36. The molecule has 9 heteroatoms. The quantitative estimate of drug-likeness (QED) is 0.710. The van der Waals surface area contributed by atoms with Crippen LogP contribution >= 0.6 is 36.2 Å². The van der Waals surface area contributed by atoms with E-state index in [1.165, 1.54) is 11.3 Å². The molecule has 1 saturated heterocycles. The molecular formula is C19H28Cl2N4O2S. The van der Waals surface area contributed by atoms with E-state index in [2.05, 4.69) is 33.5 Å². The van der Waals surface area contributed by atoms with Gasteiger partial charge >= 0.3 is 0 Å². The third-order valence-electron chi connectivity index (χ3n) is 4.67. The fourth-order valence-electron chi connectivity index (χ4n) is 3.34. The Labute approximate surface area is 182 Å². The first kappa shape index (κ1) is 24.7. The number of nitrogens with zero attached hydrogens (tertiary/aromatic N) is 2. The van der Waals surface area contributed by atoms with Crippen LogP contribution in [0.15, 0.2) is 24.3 Å². The van der Waals surface area contributed by atoms with Gasteiger partial charge < -0.3 is 15.4 Å². The molecule has 0 bridgehead atoms. The summed E-state index contributed by atoms with van der Waals surface area (Å²) >= 11 is 1.54. The Bertz CT molecular complexity index is 772. The number of aromatic nitrogens is 1. The van der Waals surface area contributed by atoms with E-state index in [1.807, 2.05) is 25.1 Å². The maximum absolute atomic E-state index is 12.6. The predicted octanol–water partition coefficient (Wildman–Crippen LogP) is 3.45. The lowest BCUT2D eigenvalue weighted by atomic mass is 10.0. The number of hydrogen-bond acceptors (Lipinski definition) is 6. The van der Waals surface area contributed by atoms with Crippen LogP contribution in [0.3, 0.4) is 0 Å². The van der Waals surface area contributed by atoms with Gasteiger partial charge in [-0.3, -0.25) is 9.69 Å². The van der Waals surface area contributed by atoms with Gasteiger partial charge in [-0.25, -0.2) is 4.98 Å². The number of halogens is 2. The van der Waals surface area contributed by atoms with Crippen molar-refractivity contribution in [3.8, 4) is 5.75 Å². The van der Waals surface area contributed by atoms with E-state index >= 15 is 0 Å². The molecule has 1 aromatic heterocycles. The first-order valence-corrected chi connectivity index (χ1v) is 9.77. The summed E-state index contributed by atoms with van der Waals surface area (Å²) in [5.74, 6) is 0.831. The normalized spacial score (nSPS) is 16.6. The average molecular weight is 447 g/mol. The van der Waals surface area contributed by atoms with Crippen molar-refractivity contribution >= 4 is 47.2 Å². The highest BCUT2D eigenvalue weighted by atomic mass is 35.5. The van der Waals surface area contributed by atoms with Gasteiger partial charge in [0.1, 0.15) is 5.75 Å². The third-order valence-corrected chi connectivity index (χ3v) is 5.60. The van der Waals surface area contributed by atoms with Gasteiger partial charge in [0.15, 0.2) is 5.13 Å². The molecule has 2 aromatic rings. The Morgan fingerprint density at radius 3 is 2.82 bits per heavy atom. The second kappa shape index (κ2) is 11.6. The summed E-state index contributed by atoms with van der Waals surface area (Å²) in [7, 11) is 1.68. The van der Waals surface area contributed by atoms with Crippen molar-refractivity contribution in [1.82, 2.24) is 15.2 Å². The van der Waals surface area contributed by atoms with Crippen LogP contribution in [0, 0.1) is 6.92 Å². The first-order chi connectivity index (χ1) is 12.6. The molecule has 0 saturated carbocycles. The standard InChI is InChI=1S/C19H26N4O2S.2ClH/c1-4-15-13(2)26-19(21-15)22-18(24)12-23-10-9-20-11-16(23)14-7-5-6-8-17(14)25-3;;/h5-8,16,20H,4,9-12H2,1-3H3,(H,21,22,24);2*1H. The van der Waals surface area contributed by atoms with Crippen molar-refractivity contribution in [1.29, 1.82) is 0 Å². The number of methoxy groups -OCH3 is 1. The summed E-state index contributed by atoms with van der Waals surface area (Å²) in [4.78, 5) is 20.4. The first-order valence-electron chi connectivity index (χ1n) is 8.96. The minimum atomic E-state index is -0.0248. The minimum absolute atomic E-state index is 0. The Hall–Kier alpha value is -1.38. The maximum Gasteiger partial charge on any atom is 0.240 e. The SMILES string of the molecule is CCc1nc(NC(=O)CN2CCNCC2c2ccccc2OC)sc1C.Cl.Cl. The molecule has 1 amide bonds. The van der Waals surface area contributed by atoms with Gasteiger partial charge in [-0.05, 0) is 19.4 Å². The molecule has 6 nitrogen and oxygen atoms in total. The monoisotopic (exact) mass is 446 g/mol. The molecule has 1 aromatic carbocycles. The number of aryl methyl sites for hydroxylation is 2. The predicted molar refractivity (Wildman–Crippen MR) is 120 cm³/mol. The van der Waals surface area contributed by atoms with Crippen LogP contribution in [0.4, 0.5) is 5.13 Å². The van der Waals surface area contributed by atoms with Crippen molar-refractivity contribution in [2.45, 2.75) is 26.3 Å². The summed E-state index contributed by atoms with van der Waals surface area (Å²) in [5.41, 5.74) is 2.16. The van der Waals surface area contributed by atoms with Crippen LogP contribution in [-0.2, 0) is 11.2 Å². The summed E-state index contributed by atoms with van der Waals surface area (Å²) in [5, 5.41) is 7.07. The van der Waals surface area contributed by atoms with Crippen LogP contribution in [0.1, 0.15) is 29.1 Å². The van der Waals surface area contributed by atoms with Crippen molar-refractivity contribution in [3.63, 3.8) is 0 Å². The topological polar surface area (TPSA) is 66.5 Å². The van der Waals surface area contributed by atoms with E-state index in [4.69, 9.17) is 4.74 Å². The average Bonchev–Trinajstić information content (AvgIpc) is 3.01. The van der Waals surface area contributed by atoms with Crippen LogP contribution in [0.2, 0.25) is 0 Å². The van der Waals surface area contributed by atoms with E-state index < -0.39 is 0 Å². The lowest BCUT2D eigenvalue weighted by Crippen LogP contribution is -2.48. The van der Waals surface area contributed by atoms with Gasteiger partial charge in [0.25, 0.3) is 0 Å². The van der Waals surface area contributed by atoms with Crippen molar-refractivity contribution in [3.05, 3.63) is 40.4 Å². The van der Waals surface area contributed by atoms with Crippen molar-refractivity contribution in [2.75, 3.05) is 38.6 Å². The second-order valence-corrected chi connectivity index (χ2v) is 7.56. The summed E-state index contributed by atoms with van der Waals surface area (Å²) in [6, 6.07) is 8.11. The highest BCUT2D eigenvalue weighted by Crippen LogP contribution is 2.30. The Balaban J connectivity index is 0.00000196. The number of piperazine rings is 1. The second-order valence-electron chi connectivity index (χ2n) is 6.36. The summed E-state index contributed by atoms with van der Waals surface area (Å²) < 4.78 is 5.51. The molecule has 1 aliphatic heterocycles. The molecule has 28 heavy (non-hydrogen) atoms. The van der Waals surface area contributed by atoms with E-state index in [0.717, 1.165) is 47.9 Å². The lowest BCUT2D eigenvalue weighted by molar-refractivity contribution is -0.118.